The molecule has 1 aromatic rings. The van der Waals surface area contributed by atoms with E-state index >= 15 is 0 Å². The molecule has 1 aliphatic rings. The van der Waals surface area contributed by atoms with Crippen molar-refractivity contribution in [2.24, 2.45) is 0 Å². The number of anilines is 1. The van der Waals surface area contributed by atoms with Crippen molar-refractivity contribution in [1.29, 1.82) is 0 Å². The quantitative estimate of drug-likeness (QED) is 0.771. The largest absolute Gasteiger partial charge is 0.497 e. The maximum atomic E-state index is 12.0. The lowest BCUT2D eigenvalue weighted by molar-refractivity contribution is -0.143. The summed E-state index contributed by atoms with van der Waals surface area (Å²) in [4.78, 5) is 25.6. The number of nitrogens with one attached hydrogen (secondary N) is 2. The fraction of sp³-hybridized carbons (Fsp3) is 0.429. The molecule has 0 atom stereocenters. The highest BCUT2D eigenvalue weighted by molar-refractivity contribution is 6.39. The first-order valence-electron chi connectivity index (χ1n) is 6.68. The van der Waals surface area contributed by atoms with Crippen LogP contribution in [0, 0.1) is 0 Å². The molecule has 0 aromatic heterocycles. The molecule has 1 aromatic carbocycles. The van der Waals surface area contributed by atoms with E-state index in [1.807, 2.05) is 0 Å². The van der Waals surface area contributed by atoms with E-state index in [4.69, 9.17) is 9.47 Å². The van der Waals surface area contributed by atoms with Gasteiger partial charge in [0.2, 0.25) is 0 Å². The van der Waals surface area contributed by atoms with E-state index in [0.29, 0.717) is 43.4 Å². The third kappa shape index (κ3) is 3.85. The Hall–Kier alpha value is -2.28. The van der Waals surface area contributed by atoms with Gasteiger partial charge in [-0.3, -0.25) is 9.59 Å². The number of methoxy groups -OCH3 is 2. The Morgan fingerprint density at radius 2 is 1.67 bits per heavy atom. The second-order valence-corrected chi connectivity index (χ2v) is 4.60. The maximum Gasteiger partial charge on any atom is 0.313 e. The fourth-order valence-corrected chi connectivity index (χ4v) is 2.08. The van der Waals surface area contributed by atoms with E-state index < -0.39 is 11.8 Å². The van der Waals surface area contributed by atoms with Crippen LogP contribution in [0.25, 0.3) is 0 Å². The van der Waals surface area contributed by atoms with Gasteiger partial charge in [-0.1, -0.05) is 0 Å². The number of carbonyl (C=O) groups excluding carboxylic acids is 2. The molecular weight excluding hydrogens is 274 g/mol. The Morgan fingerprint density at radius 3 is 2.19 bits per heavy atom. The molecule has 1 fully saturated rings. The Morgan fingerprint density at radius 1 is 1.10 bits per heavy atom. The van der Waals surface area contributed by atoms with Crippen LogP contribution in [0.15, 0.2) is 18.2 Å². The van der Waals surface area contributed by atoms with Gasteiger partial charge in [0.25, 0.3) is 0 Å². The Kier molecular flexibility index (Phi) is 4.99. The summed E-state index contributed by atoms with van der Waals surface area (Å²) in [6.45, 7) is 2.47. The summed E-state index contributed by atoms with van der Waals surface area (Å²) in [5.41, 5.74) is 0.458. The maximum absolute atomic E-state index is 12.0. The van der Waals surface area contributed by atoms with Crippen LogP contribution in [-0.4, -0.2) is 57.1 Å². The third-order valence-corrected chi connectivity index (χ3v) is 3.21. The molecule has 0 aliphatic carbocycles. The second kappa shape index (κ2) is 6.94. The normalized spacial score (nSPS) is 14.5. The van der Waals surface area contributed by atoms with Crippen molar-refractivity contribution in [2.45, 2.75) is 0 Å². The van der Waals surface area contributed by atoms with E-state index in [9.17, 15) is 9.59 Å². The standard InChI is InChI=1S/C14H19N3O4/c1-20-11-7-10(8-12(9-11)21-2)16-13(18)14(19)17-5-3-15-4-6-17/h7-9,15H,3-6H2,1-2H3,(H,16,18). The molecule has 0 spiro atoms. The van der Waals surface area contributed by atoms with Gasteiger partial charge in [0, 0.05) is 50.1 Å². The highest BCUT2D eigenvalue weighted by Crippen LogP contribution is 2.25. The average Bonchev–Trinajstić information content (AvgIpc) is 2.54. The number of hydrogen-bond acceptors (Lipinski definition) is 5. The molecule has 0 bridgehead atoms. The van der Waals surface area contributed by atoms with E-state index in [0.717, 1.165) is 0 Å². The monoisotopic (exact) mass is 293 g/mol. The smallest absolute Gasteiger partial charge is 0.313 e. The van der Waals surface area contributed by atoms with Crippen molar-refractivity contribution >= 4 is 17.5 Å². The zero-order valence-corrected chi connectivity index (χ0v) is 12.1. The Balaban J connectivity index is 2.06. The molecule has 7 nitrogen and oxygen atoms in total. The number of rotatable bonds is 3. The van der Waals surface area contributed by atoms with Crippen molar-refractivity contribution in [2.75, 3.05) is 45.7 Å². The molecule has 21 heavy (non-hydrogen) atoms. The lowest BCUT2D eigenvalue weighted by atomic mass is 10.2. The van der Waals surface area contributed by atoms with Crippen molar-refractivity contribution in [1.82, 2.24) is 10.2 Å². The molecular formula is C14H19N3O4. The number of benzene rings is 1. The van der Waals surface area contributed by atoms with E-state index in [-0.39, 0.29) is 0 Å². The van der Waals surface area contributed by atoms with Crippen LogP contribution in [0.3, 0.4) is 0 Å². The molecule has 0 unspecified atom stereocenters. The molecule has 7 heteroatoms. The zero-order chi connectivity index (χ0) is 15.2. The van der Waals surface area contributed by atoms with Gasteiger partial charge in [-0.2, -0.15) is 0 Å². The summed E-state index contributed by atoms with van der Waals surface area (Å²) in [6, 6.07) is 4.95. The van der Waals surface area contributed by atoms with E-state index in [1.54, 1.807) is 18.2 Å². The van der Waals surface area contributed by atoms with Crippen LogP contribution in [0.5, 0.6) is 11.5 Å². The molecule has 2 rings (SSSR count). The van der Waals surface area contributed by atoms with Crippen LogP contribution in [0.2, 0.25) is 0 Å². The minimum Gasteiger partial charge on any atom is -0.497 e. The highest BCUT2D eigenvalue weighted by atomic mass is 16.5. The molecule has 1 aliphatic heterocycles. The number of carbonyl (C=O) groups is 2. The molecule has 1 heterocycles. The van der Waals surface area contributed by atoms with Crippen molar-refractivity contribution < 1.29 is 19.1 Å². The van der Waals surface area contributed by atoms with E-state index in [1.165, 1.54) is 19.1 Å². The predicted molar refractivity (Wildman–Crippen MR) is 77.6 cm³/mol. The molecule has 0 saturated carbocycles. The number of amides is 2. The number of nitrogens with zero attached hydrogens (tertiary/aromatic N) is 1. The third-order valence-electron chi connectivity index (χ3n) is 3.21. The summed E-state index contributed by atoms with van der Waals surface area (Å²) in [7, 11) is 3.04. The molecule has 0 radical (unpaired) electrons. The second-order valence-electron chi connectivity index (χ2n) is 4.60. The molecule has 2 N–H and O–H groups in total. The van der Waals surface area contributed by atoms with Gasteiger partial charge in [-0.05, 0) is 0 Å². The number of hydrogen-bond donors (Lipinski definition) is 2. The highest BCUT2D eigenvalue weighted by Gasteiger charge is 2.23. The van der Waals surface area contributed by atoms with Crippen molar-refractivity contribution in [3.63, 3.8) is 0 Å². The minimum atomic E-state index is -0.660. The predicted octanol–water partition coefficient (Wildman–Crippen LogP) is 0.0741. The summed E-state index contributed by atoms with van der Waals surface area (Å²) in [5, 5.41) is 5.71. The Labute approximate surface area is 123 Å². The topological polar surface area (TPSA) is 79.9 Å². The molecule has 2 amide bonds. The minimum absolute atomic E-state index is 0.458. The van der Waals surface area contributed by atoms with Gasteiger partial charge in [0.05, 0.1) is 14.2 Å². The summed E-state index contributed by atoms with van der Waals surface area (Å²) < 4.78 is 10.2. The number of piperazine rings is 1. The van der Waals surface area contributed by atoms with Crippen LogP contribution in [-0.2, 0) is 9.59 Å². The van der Waals surface area contributed by atoms with Crippen LogP contribution >= 0.6 is 0 Å². The van der Waals surface area contributed by atoms with Crippen LogP contribution in [0.4, 0.5) is 5.69 Å². The summed E-state index contributed by atoms with van der Waals surface area (Å²) in [5.74, 6) is -0.107. The van der Waals surface area contributed by atoms with Gasteiger partial charge < -0.3 is 25.0 Å². The number of ether oxygens (including phenoxy) is 2. The van der Waals surface area contributed by atoms with Crippen molar-refractivity contribution in [3.05, 3.63) is 18.2 Å². The Bertz CT molecular complexity index is 505. The zero-order valence-electron chi connectivity index (χ0n) is 12.1. The van der Waals surface area contributed by atoms with Gasteiger partial charge in [-0.15, -0.1) is 0 Å². The van der Waals surface area contributed by atoms with Gasteiger partial charge >= 0.3 is 11.8 Å². The lowest BCUT2D eigenvalue weighted by Crippen LogP contribution is -2.49. The van der Waals surface area contributed by atoms with E-state index in [2.05, 4.69) is 10.6 Å². The SMILES string of the molecule is COc1cc(NC(=O)C(=O)N2CCNCC2)cc(OC)c1. The van der Waals surface area contributed by atoms with Crippen LogP contribution in [0.1, 0.15) is 0 Å². The molecule has 1 saturated heterocycles. The van der Waals surface area contributed by atoms with Gasteiger partial charge in [0.15, 0.2) is 0 Å². The average molecular weight is 293 g/mol. The summed E-state index contributed by atoms with van der Waals surface area (Å²) >= 11 is 0. The van der Waals surface area contributed by atoms with Crippen molar-refractivity contribution in [3.8, 4) is 11.5 Å². The van der Waals surface area contributed by atoms with Crippen LogP contribution < -0.4 is 20.1 Å². The van der Waals surface area contributed by atoms with Gasteiger partial charge in [-0.25, -0.2) is 0 Å². The summed E-state index contributed by atoms with van der Waals surface area (Å²) in [6.07, 6.45) is 0. The first kappa shape index (κ1) is 15.1. The first-order valence-corrected chi connectivity index (χ1v) is 6.68. The molecule has 114 valence electrons. The van der Waals surface area contributed by atoms with Gasteiger partial charge in [0.1, 0.15) is 11.5 Å². The lowest BCUT2D eigenvalue weighted by Gasteiger charge is -2.26. The fourth-order valence-electron chi connectivity index (χ4n) is 2.08. The first-order chi connectivity index (χ1) is 10.1.